The first-order valence-corrected chi connectivity index (χ1v) is 13.3. The molecule has 0 aliphatic carbocycles. The van der Waals surface area contributed by atoms with E-state index in [2.05, 4.69) is 0 Å². The van der Waals surface area contributed by atoms with Crippen LogP contribution in [-0.2, 0) is 19.0 Å². The number of hydrogen-bond donors (Lipinski definition) is 0. The second kappa shape index (κ2) is 15.6. The Kier molecular flexibility index (Phi) is 12.0. The quantitative estimate of drug-likeness (QED) is 0.122. The third-order valence-corrected chi connectivity index (χ3v) is 6.34. The molecule has 0 saturated carbocycles. The van der Waals surface area contributed by atoms with Crippen LogP contribution in [0.15, 0.2) is 72.8 Å². The molecule has 0 radical (unpaired) electrons. The number of hydrogen-bond acceptors (Lipinski definition) is 8. The zero-order chi connectivity index (χ0) is 28.8. The molecule has 0 aliphatic heterocycles. The van der Waals surface area contributed by atoms with Gasteiger partial charge < -0.3 is 28.4 Å². The molecule has 0 amide bonds. The Balaban J connectivity index is 1.29. The number of carbonyl (C=O) groups excluding carboxylic acids is 2. The van der Waals surface area contributed by atoms with Crippen LogP contribution in [0.1, 0.15) is 37.6 Å². The number of esters is 2. The first-order valence-electron chi connectivity index (χ1n) is 13.3. The van der Waals surface area contributed by atoms with Crippen molar-refractivity contribution in [1.29, 1.82) is 0 Å². The summed E-state index contributed by atoms with van der Waals surface area (Å²) in [5.74, 6) is 1.22. The summed E-state index contributed by atoms with van der Waals surface area (Å²) in [5.41, 5.74) is 2.00. The van der Waals surface area contributed by atoms with Gasteiger partial charge in [0, 0.05) is 0 Å². The molecule has 0 N–H and O–H groups in total. The van der Waals surface area contributed by atoms with Gasteiger partial charge in [-0.15, -0.1) is 0 Å². The minimum Gasteiger partial charge on any atom is -0.497 e. The molecule has 40 heavy (non-hydrogen) atoms. The second-order valence-corrected chi connectivity index (χ2v) is 9.61. The molecular weight excluding hydrogens is 512 g/mol. The molecule has 0 aromatic heterocycles. The van der Waals surface area contributed by atoms with Gasteiger partial charge in [0.15, 0.2) is 0 Å². The van der Waals surface area contributed by atoms with Crippen molar-refractivity contribution in [2.75, 3.05) is 46.8 Å². The summed E-state index contributed by atoms with van der Waals surface area (Å²) in [6.07, 6.45) is 0.724. The Hall–Kier alpha value is -3.88. The normalized spacial score (nSPS) is 11.1. The highest BCUT2D eigenvalue weighted by Crippen LogP contribution is 2.25. The van der Waals surface area contributed by atoms with E-state index in [4.69, 9.17) is 28.4 Å². The summed E-state index contributed by atoms with van der Waals surface area (Å²) < 4.78 is 32.5. The van der Waals surface area contributed by atoms with Gasteiger partial charge in [-0.05, 0) is 79.9 Å². The predicted molar refractivity (Wildman–Crippen MR) is 152 cm³/mol. The lowest BCUT2D eigenvalue weighted by atomic mass is 9.91. The molecule has 3 rings (SSSR count). The summed E-state index contributed by atoms with van der Waals surface area (Å²) in [5, 5.41) is 0. The number of carbonyl (C=O) groups is 2. The van der Waals surface area contributed by atoms with Crippen LogP contribution in [0.4, 0.5) is 0 Å². The molecule has 8 heteroatoms. The Bertz CT molecular complexity index is 1190. The molecule has 0 aliphatic rings. The number of benzene rings is 3. The molecule has 0 heterocycles. The molecule has 8 nitrogen and oxygen atoms in total. The van der Waals surface area contributed by atoms with Gasteiger partial charge >= 0.3 is 11.9 Å². The SMILES string of the molecule is CCC(C)(C)C(=O)OCCOCCOCCOc1ccc(C(=O)Oc2ccc(-c3ccc(OC)cc3)cc2)cc1. The summed E-state index contributed by atoms with van der Waals surface area (Å²) in [6.45, 7) is 7.78. The Labute approximate surface area is 236 Å². The van der Waals surface area contributed by atoms with Crippen LogP contribution in [0.3, 0.4) is 0 Å². The fourth-order valence-electron chi connectivity index (χ4n) is 3.43. The number of rotatable bonds is 16. The average Bonchev–Trinajstić information content (AvgIpc) is 2.98. The first-order chi connectivity index (χ1) is 19.3. The third-order valence-electron chi connectivity index (χ3n) is 6.34. The van der Waals surface area contributed by atoms with Crippen LogP contribution < -0.4 is 14.2 Å². The minimum absolute atomic E-state index is 0.215. The van der Waals surface area contributed by atoms with Crippen LogP contribution in [0.2, 0.25) is 0 Å². The van der Waals surface area contributed by atoms with E-state index in [-0.39, 0.29) is 12.6 Å². The lowest BCUT2D eigenvalue weighted by molar-refractivity contribution is -0.155. The van der Waals surface area contributed by atoms with Crippen molar-refractivity contribution in [2.45, 2.75) is 27.2 Å². The molecule has 0 saturated heterocycles. The molecule has 0 spiro atoms. The highest BCUT2D eigenvalue weighted by molar-refractivity contribution is 5.91. The molecule has 0 unspecified atom stereocenters. The maximum absolute atomic E-state index is 12.5. The van der Waals surface area contributed by atoms with Gasteiger partial charge in [0.2, 0.25) is 0 Å². The van der Waals surface area contributed by atoms with E-state index in [9.17, 15) is 9.59 Å². The summed E-state index contributed by atoms with van der Waals surface area (Å²) in [6, 6.07) is 21.8. The van der Waals surface area contributed by atoms with E-state index < -0.39 is 11.4 Å². The first kappa shape index (κ1) is 30.7. The molecule has 3 aromatic rings. The molecule has 0 atom stereocenters. The second-order valence-electron chi connectivity index (χ2n) is 9.61. The van der Waals surface area contributed by atoms with Crippen molar-refractivity contribution in [1.82, 2.24) is 0 Å². The third kappa shape index (κ3) is 9.70. The molecule has 214 valence electrons. The Morgan fingerprint density at radius 1 is 0.650 bits per heavy atom. The topological polar surface area (TPSA) is 89.5 Å². The fourth-order valence-corrected chi connectivity index (χ4v) is 3.43. The van der Waals surface area contributed by atoms with E-state index in [1.165, 1.54) is 0 Å². The van der Waals surface area contributed by atoms with Gasteiger partial charge in [0.05, 0.1) is 44.5 Å². The molecule has 3 aromatic carbocycles. The van der Waals surface area contributed by atoms with Crippen molar-refractivity contribution in [3.8, 4) is 28.4 Å². The summed E-state index contributed by atoms with van der Waals surface area (Å²) in [7, 11) is 1.63. The Morgan fingerprint density at radius 2 is 1.15 bits per heavy atom. The van der Waals surface area contributed by atoms with E-state index in [1.54, 1.807) is 43.5 Å². The lowest BCUT2D eigenvalue weighted by Crippen LogP contribution is -2.27. The standard InChI is InChI=1S/C32H38O8/c1-5-32(2,3)31(34)39-23-21-37-19-18-36-20-22-38-28-14-10-26(11-15-28)30(33)40-29-16-8-25(9-17-29)24-6-12-27(35-4)13-7-24/h6-17H,5,18-23H2,1-4H3. The van der Waals surface area contributed by atoms with Gasteiger partial charge in [-0.1, -0.05) is 31.2 Å². The number of ether oxygens (including phenoxy) is 6. The van der Waals surface area contributed by atoms with E-state index >= 15 is 0 Å². The van der Waals surface area contributed by atoms with Gasteiger partial charge in [-0.2, -0.15) is 0 Å². The zero-order valence-corrected chi connectivity index (χ0v) is 23.6. The van der Waals surface area contributed by atoms with Gasteiger partial charge in [0.25, 0.3) is 0 Å². The molecule has 0 bridgehead atoms. The van der Waals surface area contributed by atoms with Gasteiger partial charge in [0.1, 0.15) is 30.5 Å². The molecular formula is C32H38O8. The number of methoxy groups -OCH3 is 1. The van der Waals surface area contributed by atoms with E-state index in [0.717, 1.165) is 23.3 Å². The van der Waals surface area contributed by atoms with Crippen molar-refractivity contribution in [3.05, 3.63) is 78.4 Å². The van der Waals surface area contributed by atoms with Crippen LogP contribution in [0, 0.1) is 5.41 Å². The van der Waals surface area contributed by atoms with E-state index in [1.807, 2.05) is 57.2 Å². The van der Waals surface area contributed by atoms with Crippen molar-refractivity contribution in [2.24, 2.45) is 5.41 Å². The Morgan fingerprint density at radius 3 is 1.70 bits per heavy atom. The van der Waals surface area contributed by atoms with Crippen LogP contribution in [-0.4, -0.2) is 58.7 Å². The highest BCUT2D eigenvalue weighted by Gasteiger charge is 2.26. The largest absolute Gasteiger partial charge is 0.497 e. The summed E-state index contributed by atoms with van der Waals surface area (Å²) >= 11 is 0. The smallest absolute Gasteiger partial charge is 0.343 e. The van der Waals surface area contributed by atoms with Gasteiger partial charge in [-0.25, -0.2) is 4.79 Å². The van der Waals surface area contributed by atoms with Crippen LogP contribution in [0.5, 0.6) is 17.2 Å². The lowest BCUT2D eigenvalue weighted by Gasteiger charge is -2.20. The predicted octanol–water partition coefficient (Wildman–Crippen LogP) is 5.97. The van der Waals surface area contributed by atoms with Crippen molar-refractivity contribution in [3.63, 3.8) is 0 Å². The van der Waals surface area contributed by atoms with Crippen LogP contribution >= 0.6 is 0 Å². The van der Waals surface area contributed by atoms with E-state index in [0.29, 0.717) is 50.1 Å². The monoisotopic (exact) mass is 550 g/mol. The van der Waals surface area contributed by atoms with Crippen molar-refractivity contribution >= 4 is 11.9 Å². The maximum atomic E-state index is 12.5. The average molecular weight is 551 g/mol. The maximum Gasteiger partial charge on any atom is 0.343 e. The zero-order valence-electron chi connectivity index (χ0n) is 23.6. The van der Waals surface area contributed by atoms with Crippen molar-refractivity contribution < 1.29 is 38.0 Å². The fraction of sp³-hybridized carbons (Fsp3) is 0.375. The summed E-state index contributed by atoms with van der Waals surface area (Å²) in [4.78, 5) is 24.4. The highest BCUT2D eigenvalue weighted by atomic mass is 16.6. The van der Waals surface area contributed by atoms with Gasteiger partial charge in [-0.3, -0.25) is 4.79 Å². The molecule has 0 fully saturated rings. The minimum atomic E-state index is -0.473. The van der Waals surface area contributed by atoms with Crippen LogP contribution in [0.25, 0.3) is 11.1 Å².